The Morgan fingerprint density at radius 2 is 1.76 bits per heavy atom. The van der Waals surface area contributed by atoms with E-state index in [1.54, 1.807) is 13.8 Å². The topological polar surface area (TPSA) is 86.3 Å². The molecular formula is C10H11ClN2O4. The number of hydrogen-bond acceptors (Lipinski definition) is 4. The minimum absolute atomic E-state index is 0.252. The number of benzene rings is 1. The van der Waals surface area contributed by atoms with E-state index in [1.807, 2.05) is 0 Å². The van der Waals surface area contributed by atoms with Crippen LogP contribution in [0.5, 0.6) is 0 Å². The van der Waals surface area contributed by atoms with Gasteiger partial charge in [-0.25, -0.2) is 0 Å². The largest absolute Gasteiger partial charge is 0.279 e. The summed E-state index contributed by atoms with van der Waals surface area (Å²) in [7, 11) is 0. The van der Waals surface area contributed by atoms with Gasteiger partial charge in [-0.05, 0) is 13.0 Å². The molecule has 0 fully saturated rings. The van der Waals surface area contributed by atoms with Gasteiger partial charge in [0.2, 0.25) is 0 Å². The maximum absolute atomic E-state index is 10.9. The summed E-state index contributed by atoms with van der Waals surface area (Å²) in [5.74, 6) is -0.252. The van der Waals surface area contributed by atoms with Gasteiger partial charge in [-0.2, -0.15) is 0 Å². The number of nitro groups is 2. The van der Waals surface area contributed by atoms with E-state index < -0.39 is 9.85 Å². The second-order valence-corrected chi connectivity index (χ2v) is 4.41. The molecule has 7 heteroatoms. The summed E-state index contributed by atoms with van der Waals surface area (Å²) in [4.78, 5) is 20.1. The normalized spacial score (nSPS) is 14.1. The number of halogens is 1. The van der Waals surface area contributed by atoms with Crippen LogP contribution in [0.25, 0.3) is 0 Å². The summed E-state index contributed by atoms with van der Waals surface area (Å²) >= 11 is 5.89. The average molecular weight is 259 g/mol. The van der Waals surface area contributed by atoms with Crippen molar-refractivity contribution in [2.24, 2.45) is 0 Å². The second kappa shape index (κ2) is 5.09. The van der Waals surface area contributed by atoms with Crippen molar-refractivity contribution in [2.75, 3.05) is 0 Å². The summed E-state index contributed by atoms with van der Waals surface area (Å²) < 4.78 is 0. The predicted octanol–water partition coefficient (Wildman–Crippen LogP) is 3.23. The van der Waals surface area contributed by atoms with Gasteiger partial charge in [-0.3, -0.25) is 20.2 Å². The van der Waals surface area contributed by atoms with Crippen molar-refractivity contribution in [1.82, 2.24) is 0 Å². The third-order valence-electron chi connectivity index (χ3n) is 2.60. The van der Waals surface area contributed by atoms with Gasteiger partial charge < -0.3 is 0 Å². The van der Waals surface area contributed by atoms with Gasteiger partial charge in [0, 0.05) is 22.9 Å². The third kappa shape index (κ3) is 2.91. The molecule has 2 unspecified atom stereocenters. The Morgan fingerprint density at radius 1 is 1.18 bits per heavy atom. The number of alkyl halides is 1. The van der Waals surface area contributed by atoms with Gasteiger partial charge >= 0.3 is 0 Å². The highest BCUT2D eigenvalue weighted by molar-refractivity contribution is 6.20. The van der Waals surface area contributed by atoms with Crippen molar-refractivity contribution < 1.29 is 9.85 Å². The van der Waals surface area contributed by atoms with Crippen LogP contribution in [-0.4, -0.2) is 15.2 Å². The smallest absolute Gasteiger partial charge is 0.258 e. The monoisotopic (exact) mass is 258 g/mol. The minimum atomic E-state index is -0.661. The Balaban J connectivity index is 3.32. The molecule has 0 N–H and O–H groups in total. The van der Waals surface area contributed by atoms with Crippen LogP contribution in [0.3, 0.4) is 0 Å². The van der Waals surface area contributed by atoms with Gasteiger partial charge in [0.25, 0.3) is 11.4 Å². The standard InChI is InChI=1S/C10H11ClN2O4/c1-6(7(2)11)9-4-3-8(12(14)15)5-10(9)13(16)17/h3-7H,1-2H3. The Hall–Kier alpha value is -1.69. The molecule has 6 nitrogen and oxygen atoms in total. The van der Waals surface area contributed by atoms with Crippen LogP contribution in [0.4, 0.5) is 11.4 Å². The van der Waals surface area contributed by atoms with Gasteiger partial charge in [-0.15, -0.1) is 11.6 Å². The van der Waals surface area contributed by atoms with Crippen molar-refractivity contribution in [3.63, 3.8) is 0 Å². The maximum Gasteiger partial charge on any atom is 0.279 e. The van der Waals surface area contributed by atoms with Gasteiger partial charge in [0.1, 0.15) is 0 Å². The lowest BCUT2D eigenvalue weighted by Crippen LogP contribution is -2.08. The van der Waals surface area contributed by atoms with Crippen LogP contribution < -0.4 is 0 Å². The second-order valence-electron chi connectivity index (χ2n) is 3.72. The SMILES string of the molecule is CC(Cl)C(C)c1ccc([N+](=O)[O-])cc1[N+](=O)[O-]. The number of nitrogens with zero attached hydrogens (tertiary/aromatic N) is 2. The van der Waals surface area contributed by atoms with E-state index in [-0.39, 0.29) is 22.7 Å². The lowest BCUT2D eigenvalue weighted by molar-refractivity contribution is -0.394. The summed E-state index contributed by atoms with van der Waals surface area (Å²) in [6.45, 7) is 3.46. The molecule has 0 spiro atoms. The van der Waals surface area contributed by atoms with Crippen molar-refractivity contribution in [1.29, 1.82) is 0 Å². The number of nitro benzene ring substituents is 2. The number of rotatable bonds is 4. The number of non-ortho nitro benzene ring substituents is 1. The molecule has 0 aliphatic rings. The van der Waals surface area contributed by atoms with Crippen LogP contribution in [0.1, 0.15) is 25.3 Å². The van der Waals surface area contributed by atoms with Gasteiger partial charge in [-0.1, -0.05) is 6.92 Å². The minimum Gasteiger partial charge on any atom is -0.258 e. The average Bonchev–Trinajstić information content (AvgIpc) is 2.26. The third-order valence-corrected chi connectivity index (χ3v) is 2.98. The summed E-state index contributed by atoms with van der Waals surface area (Å²) in [5.41, 5.74) is -0.155. The molecule has 1 rings (SSSR count). The highest BCUT2D eigenvalue weighted by atomic mass is 35.5. The van der Waals surface area contributed by atoms with E-state index in [1.165, 1.54) is 12.1 Å². The van der Waals surface area contributed by atoms with Crippen LogP contribution in [0.15, 0.2) is 18.2 Å². The molecule has 0 radical (unpaired) electrons. The molecule has 0 amide bonds. The molecule has 1 aromatic rings. The van der Waals surface area contributed by atoms with Crippen LogP contribution in [0, 0.1) is 20.2 Å². The highest BCUT2D eigenvalue weighted by Crippen LogP contribution is 2.33. The van der Waals surface area contributed by atoms with E-state index in [0.29, 0.717) is 5.56 Å². The van der Waals surface area contributed by atoms with Crippen molar-refractivity contribution in [3.05, 3.63) is 44.0 Å². The van der Waals surface area contributed by atoms with E-state index in [2.05, 4.69) is 0 Å². The predicted molar refractivity (Wildman–Crippen MR) is 63.5 cm³/mol. The molecule has 0 saturated heterocycles. The van der Waals surface area contributed by atoms with Crippen LogP contribution >= 0.6 is 11.6 Å². The molecular weight excluding hydrogens is 248 g/mol. The molecule has 0 aromatic heterocycles. The Bertz CT molecular complexity index is 462. The lowest BCUT2D eigenvalue weighted by Gasteiger charge is -2.13. The first-order chi connectivity index (χ1) is 7.84. The molecule has 1 aromatic carbocycles. The Kier molecular flexibility index (Phi) is 4.01. The molecule has 0 saturated carbocycles. The summed E-state index contributed by atoms with van der Waals surface area (Å²) in [5, 5.41) is 21.1. The Labute approximate surface area is 103 Å². The fourth-order valence-corrected chi connectivity index (χ4v) is 1.57. The first kappa shape index (κ1) is 13.4. The fraction of sp³-hybridized carbons (Fsp3) is 0.400. The summed E-state index contributed by atoms with van der Waals surface area (Å²) in [6, 6.07) is 3.60. The molecule has 0 heterocycles. The van der Waals surface area contributed by atoms with Crippen molar-refractivity contribution in [3.8, 4) is 0 Å². The highest BCUT2D eigenvalue weighted by Gasteiger charge is 2.25. The first-order valence-electron chi connectivity index (χ1n) is 4.91. The first-order valence-corrected chi connectivity index (χ1v) is 5.35. The number of hydrogen-bond donors (Lipinski definition) is 0. The lowest BCUT2D eigenvalue weighted by atomic mass is 9.96. The van der Waals surface area contributed by atoms with Crippen molar-refractivity contribution in [2.45, 2.75) is 25.1 Å². The van der Waals surface area contributed by atoms with E-state index in [4.69, 9.17) is 11.6 Å². The molecule has 92 valence electrons. The quantitative estimate of drug-likeness (QED) is 0.471. The molecule has 0 aliphatic heterocycles. The molecule has 2 atom stereocenters. The fourth-order valence-electron chi connectivity index (χ4n) is 1.44. The van der Waals surface area contributed by atoms with E-state index in [0.717, 1.165) is 6.07 Å². The van der Waals surface area contributed by atoms with E-state index >= 15 is 0 Å². The Morgan fingerprint density at radius 3 is 2.18 bits per heavy atom. The van der Waals surface area contributed by atoms with Gasteiger partial charge in [0.05, 0.1) is 15.9 Å². The molecule has 0 bridgehead atoms. The zero-order chi connectivity index (χ0) is 13.2. The molecule has 17 heavy (non-hydrogen) atoms. The van der Waals surface area contributed by atoms with Gasteiger partial charge in [0.15, 0.2) is 0 Å². The molecule has 0 aliphatic carbocycles. The van der Waals surface area contributed by atoms with E-state index in [9.17, 15) is 20.2 Å². The zero-order valence-corrected chi connectivity index (χ0v) is 10.0. The van der Waals surface area contributed by atoms with Crippen molar-refractivity contribution >= 4 is 23.0 Å². The summed E-state index contributed by atoms with van der Waals surface area (Å²) in [6.07, 6.45) is 0. The zero-order valence-electron chi connectivity index (χ0n) is 9.29. The van der Waals surface area contributed by atoms with Crippen LogP contribution in [-0.2, 0) is 0 Å². The maximum atomic E-state index is 10.9. The van der Waals surface area contributed by atoms with Crippen LogP contribution in [0.2, 0.25) is 0 Å².